The first kappa shape index (κ1) is 9.67. The van der Waals surface area contributed by atoms with Crippen LogP contribution in [-0.2, 0) is 5.60 Å². The monoisotopic (exact) mass is 224 g/mol. The summed E-state index contributed by atoms with van der Waals surface area (Å²) in [7, 11) is 0. The van der Waals surface area contributed by atoms with Crippen LogP contribution in [0.1, 0.15) is 24.8 Å². The van der Waals surface area contributed by atoms with Crippen molar-refractivity contribution in [2.24, 2.45) is 11.8 Å². The molecule has 1 nitrogen and oxygen atoms in total. The molecule has 0 amide bonds. The van der Waals surface area contributed by atoms with Gasteiger partial charge in [-0.1, -0.05) is 42.8 Å². The van der Waals surface area contributed by atoms with Crippen molar-refractivity contribution in [2.45, 2.75) is 24.9 Å². The van der Waals surface area contributed by atoms with Crippen molar-refractivity contribution in [1.82, 2.24) is 0 Å². The molecular weight excluding hydrogens is 208 g/mol. The minimum absolute atomic E-state index is 0.498. The van der Waals surface area contributed by atoms with Crippen molar-refractivity contribution in [2.75, 3.05) is 0 Å². The summed E-state index contributed by atoms with van der Waals surface area (Å²) in [6, 6.07) is 14.8. The van der Waals surface area contributed by atoms with Crippen LogP contribution in [0.2, 0.25) is 0 Å². The normalized spacial score (nSPS) is 34.9. The Morgan fingerprint density at radius 3 is 2.41 bits per heavy atom. The van der Waals surface area contributed by atoms with Gasteiger partial charge in [0.15, 0.2) is 0 Å². The Morgan fingerprint density at radius 2 is 1.65 bits per heavy atom. The first-order valence-electron chi connectivity index (χ1n) is 6.52. The van der Waals surface area contributed by atoms with Gasteiger partial charge in [-0.2, -0.15) is 0 Å². The van der Waals surface area contributed by atoms with E-state index in [2.05, 4.69) is 42.5 Å². The lowest BCUT2D eigenvalue weighted by molar-refractivity contribution is 0.105. The molecule has 4 rings (SSSR count). The van der Waals surface area contributed by atoms with E-state index in [1.54, 1.807) is 0 Å². The van der Waals surface area contributed by atoms with E-state index in [4.69, 9.17) is 0 Å². The van der Waals surface area contributed by atoms with E-state index in [1.807, 2.05) is 0 Å². The van der Waals surface area contributed by atoms with Gasteiger partial charge in [0.1, 0.15) is 0 Å². The Bertz CT molecular complexity index is 577. The zero-order valence-electron chi connectivity index (χ0n) is 9.76. The van der Waals surface area contributed by atoms with E-state index in [-0.39, 0.29) is 0 Å². The standard InChI is InChI=1S/C16H16O/c17-16(14-6-3-7-15(14)16)13-9-8-11-4-1-2-5-12(11)10-13/h1-2,4-5,8-10,14-15,17H,3,6-7H2. The van der Waals surface area contributed by atoms with E-state index < -0.39 is 5.60 Å². The molecule has 17 heavy (non-hydrogen) atoms. The zero-order chi connectivity index (χ0) is 11.5. The van der Waals surface area contributed by atoms with Crippen LogP contribution >= 0.6 is 0 Å². The van der Waals surface area contributed by atoms with Gasteiger partial charge in [-0.3, -0.25) is 0 Å². The molecule has 2 unspecified atom stereocenters. The van der Waals surface area contributed by atoms with E-state index >= 15 is 0 Å². The van der Waals surface area contributed by atoms with Crippen LogP contribution in [0.25, 0.3) is 10.8 Å². The number of hydrogen-bond donors (Lipinski definition) is 1. The highest BCUT2D eigenvalue weighted by atomic mass is 16.3. The number of benzene rings is 2. The molecule has 2 saturated carbocycles. The van der Waals surface area contributed by atoms with Gasteiger partial charge in [-0.15, -0.1) is 0 Å². The lowest BCUT2D eigenvalue weighted by atomic mass is 9.96. The predicted molar refractivity (Wildman–Crippen MR) is 68.7 cm³/mol. The van der Waals surface area contributed by atoms with Crippen molar-refractivity contribution in [3.05, 3.63) is 48.0 Å². The van der Waals surface area contributed by atoms with Crippen LogP contribution in [0.15, 0.2) is 42.5 Å². The minimum atomic E-state index is -0.498. The van der Waals surface area contributed by atoms with Crippen molar-refractivity contribution in [3.8, 4) is 0 Å². The van der Waals surface area contributed by atoms with Gasteiger partial charge in [0.25, 0.3) is 0 Å². The summed E-state index contributed by atoms with van der Waals surface area (Å²) in [6.45, 7) is 0. The largest absolute Gasteiger partial charge is 0.385 e. The van der Waals surface area contributed by atoms with Crippen LogP contribution in [0.3, 0.4) is 0 Å². The predicted octanol–water partition coefficient (Wildman–Crippen LogP) is 3.46. The molecule has 0 radical (unpaired) electrons. The first-order valence-corrected chi connectivity index (χ1v) is 6.52. The summed E-state index contributed by atoms with van der Waals surface area (Å²) in [5, 5.41) is 13.2. The third kappa shape index (κ3) is 1.18. The third-order valence-corrected chi connectivity index (χ3v) is 4.75. The summed E-state index contributed by atoms with van der Waals surface area (Å²) in [5.74, 6) is 1.06. The minimum Gasteiger partial charge on any atom is -0.385 e. The molecule has 0 aromatic heterocycles. The van der Waals surface area contributed by atoms with Crippen molar-refractivity contribution in [3.63, 3.8) is 0 Å². The van der Waals surface area contributed by atoms with E-state index in [1.165, 1.54) is 30.0 Å². The van der Waals surface area contributed by atoms with Gasteiger partial charge >= 0.3 is 0 Å². The molecule has 1 N–H and O–H groups in total. The maximum absolute atomic E-state index is 10.7. The smallest absolute Gasteiger partial charge is 0.0960 e. The molecule has 2 atom stereocenters. The highest BCUT2D eigenvalue weighted by Gasteiger charge is 2.66. The Balaban J connectivity index is 1.82. The van der Waals surface area contributed by atoms with Crippen molar-refractivity contribution in [1.29, 1.82) is 0 Å². The van der Waals surface area contributed by atoms with Gasteiger partial charge in [0.2, 0.25) is 0 Å². The van der Waals surface area contributed by atoms with Crippen LogP contribution in [0.4, 0.5) is 0 Å². The zero-order valence-corrected chi connectivity index (χ0v) is 9.76. The summed E-state index contributed by atoms with van der Waals surface area (Å²) in [4.78, 5) is 0. The molecule has 1 heteroatoms. The number of aliphatic hydroxyl groups is 1. The molecular formula is C16H16O. The van der Waals surface area contributed by atoms with Gasteiger partial charge in [-0.25, -0.2) is 0 Å². The fraction of sp³-hybridized carbons (Fsp3) is 0.375. The molecule has 0 saturated heterocycles. The average molecular weight is 224 g/mol. The number of fused-ring (bicyclic) bond motifs is 2. The van der Waals surface area contributed by atoms with Crippen LogP contribution < -0.4 is 0 Å². The lowest BCUT2D eigenvalue weighted by Gasteiger charge is -2.15. The number of rotatable bonds is 1. The maximum atomic E-state index is 10.7. The molecule has 86 valence electrons. The van der Waals surface area contributed by atoms with Crippen LogP contribution in [-0.4, -0.2) is 5.11 Å². The molecule has 2 aliphatic rings. The summed E-state index contributed by atoms with van der Waals surface area (Å²) < 4.78 is 0. The highest BCUT2D eigenvalue weighted by molar-refractivity contribution is 5.83. The van der Waals surface area contributed by atoms with Gasteiger partial charge in [-0.05, 0) is 47.1 Å². The summed E-state index contributed by atoms with van der Waals surface area (Å²) >= 11 is 0. The Kier molecular flexibility index (Phi) is 1.77. The SMILES string of the molecule is OC1(c2ccc3ccccc3c2)C2CCCC21. The average Bonchev–Trinajstić information content (AvgIpc) is 2.79. The highest BCUT2D eigenvalue weighted by Crippen LogP contribution is 2.66. The lowest BCUT2D eigenvalue weighted by Crippen LogP contribution is -2.12. The molecule has 2 aromatic carbocycles. The second-order valence-electron chi connectivity index (χ2n) is 5.53. The fourth-order valence-electron chi connectivity index (χ4n) is 3.79. The van der Waals surface area contributed by atoms with E-state index in [0.717, 1.165) is 5.56 Å². The topological polar surface area (TPSA) is 20.2 Å². The molecule has 2 aromatic rings. The van der Waals surface area contributed by atoms with E-state index in [9.17, 15) is 5.11 Å². The van der Waals surface area contributed by atoms with Crippen LogP contribution in [0, 0.1) is 11.8 Å². The van der Waals surface area contributed by atoms with Gasteiger partial charge < -0.3 is 5.11 Å². The second kappa shape index (κ2) is 3.11. The molecule has 2 aliphatic carbocycles. The molecule has 0 bridgehead atoms. The quantitative estimate of drug-likeness (QED) is 0.786. The third-order valence-electron chi connectivity index (χ3n) is 4.75. The van der Waals surface area contributed by atoms with Gasteiger partial charge in [0, 0.05) is 0 Å². The summed E-state index contributed by atoms with van der Waals surface area (Å²) in [6.07, 6.45) is 3.70. The Labute approximate surface area is 101 Å². The molecule has 0 aliphatic heterocycles. The van der Waals surface area contributed by atoms with Gasteiger partial charge in [0.05, 0.1) is 5.60 Å². The molecule has 0 spiro atoms. The molecule has 2 fully saturated rings. The van der Waals surface area contributed by atoms with Crippen LogP contribution in [0.5, 0.6) is 0 Å². The second-order valence-corrected chi connectivity index (χ2v) is 5.53. The Morgan fingerprint density at radius 1 is 0.941 bits per heavy atom. The molecule has 0 heterocycles. The number of hydrogen-bond acceptors (Lipinski definition) is 1. The van der Waals surface area contributed by atoms with E-state index in [0.29, 0.717) is 11.8 Å². The summed E-state index contributed by atoms with van der Waals surface area (Å²) in [5.41, 5.74) is 0.633. The Hall–Kier alpha value is -1.34. The first-order chi connectivity index (χ1) is 8.30. The van der Waals surface area contributed by atoms with Crippen molar-refractivity contribution >= 4 is 10.8 Å². The van der Waals surface area contributed by atoms with Crippen molar-refractivity contribution < 1.29 is 5.11 Å². The maximum Gasteiger partial charge on any atom is 0.0960 e. The fourth-order valence-corrected chi connectivity index (χ4v) is 3.79.